The highest BCUT2D eigenvalue weighted by molar-refractivity contribution is 5.74. The summed E-state index contributed by atoms with van der Waals surface area (Å²) in [6.45, 7) is 4.01. The van der Waals surface area contributed by atoms with Crippen molar-refractivity contribution in [3.8, 4) is 0 Å². The molecule has 0 amide bonds. The molecule has 8 nitrogen and oxygen atoms in total. The van der Waals surface area contributed by atoms with E-state index in [2.05, 4.69) is 9.88 Å². The van der Waals surface area contributed by atoms with Crippen molar-refractivity contribution in [2.45, 2.75) is 32.4 Å². The first kappa shape index (κ1) is 16.5. The van der Waals surface area contributed by atoms with E-state index in [0.717, 1.165) is 24.0 Å². The molecule has 0 aromatic carbocycles. The third-order valence-corrected chi connectivity index (χ3v) is 4.59. The molecule has 0 aliphatic carbocycles. The number of imidazole rings is 1. The van der Waals surface area contributed by atoms with Gasteiger partial charge in [-0.25, -0.2) is 4.79 Å². The maximum atomic E-state index is 12.7. The third kappa shape index (κ3) is 2.56. The lowest BCUT2D eigenvalue weighted by Gasteiger charge is -2.31. The highest BCUT2D eigenvalue weighted by Crippen LogP contribution is 2.22. The molecule has 1 fully saturated rings. The van der Waals surface area contributed by atoms with E-state index < -0.39 is 0 Å². The van der Waals surface area contributed by atoms with E-state index in [1.165, 1.54) is 11.6 Å². The second-order valence-electron chi connectivity index (χ2n) is 6.32. The number of anilines is 1. The Labute approximate surface area is 139 Å². The number of allylic oxidation sites excluding steroid dienone is 2. The van der Waals surface area contributed by atoms with Gasteiger partial charge in [0.1, 0.15) is 0 Å². The van der Waals surface area contributed by atoms with Crippen LogP contribution in [0.2, 0.25) is 0 Å². The van der Waals surface area contributed by atoms with Gasteiger partial charge in [-0.3, -0.25) is 13.9 Å². The molecule has 1 unspecified atom stereocenters. The molecule has 0 radical (unpaired) electrons. The van der Waals surface area contributed by atoms with Crippen molar-refractivity contribution in [3.05, 3.63) is 33.0 Å². The molecule has 3 rings (SSSR count). The topological polar surface area (TPSA) is 91.1 Å². The molecular formula is C16H24N6O2. The summed E-state index contributed by atoms with van der Waals surface area (Å²) in [7, 11) is 3.14. The number of nitrogens with two attached hydrogens (primary N) is 1. The van der Waals surface area contributed by atoms with Crippen molar-refractivity contribution in [3.63, 3.8) is 0 Å². The van der Waals surface area contributed by atoms with Gasteiger partial charge in [0.15, 0.2) is 11.2 Å². The van der Waals surface area contributed by atoms with Crippen molar-refractivity contribution in [2.75, 3.05) is 18.0 Å². The number of hydrogen-bond donors (Lipinski definition) is 1. The van der Waals surface area contributed by atoms with Gasteiger partial charge in [-0.2, -0.15) is 4.98 Å². The average molecular weight is 332 g/mol. The Kier molecular flexibility index (Phi) is 4.31. The van der Waals surface area contributed by atoms with E-state index in [9.17, 15) is 9.59 Å². The number of fused-ring (bicyclic) bond motifs is 1. The number of aryl methyl sites for hydroxylation is 1. The van der Waals surface area contributed by atoms with Gasteiger partial charge in [-0.05, 0) is 19.8 Å². The van der Waals surface area contributed by atoms with Gasteiger partial charge in [0.05, 0.1) is 0 Å². The SMILES string of the molecule is CC=CCn1c(N2CCCC(N)C2)nc2c1c(=O)n(C)c(=O)n2C. The van der Waals surface area contributed by atoms with Gasteiger partial charge >= 0.3 is 5.69 Å². The molecule has 3 heterocycles. The Morgan fingerprint density at radius 2 is 2.04 bits per heavy atom. The summed E-state index contributed by atoms with van der Waals surface area (Å²) in [5.41, 5.74) is 6.28. The Morgan fingerprint density at radius 3 is 2.71 bits per heavy atom. The Hall–Kier alpha value is -2.35. The quantitative estimate of drug-likeness (QED) is 0.795. The van der Waals surface area contributed by atoms with Crippen LogP contribution in [0, 0.1) is 0 Å². The minimum atomic E-state index is -0.370. The van der Waals surface area contributed by atoms with Crippen LogP contribution in [0.3, 0.4) is 0 Å². The zero-order valence-corrected chi connectivity index (χ0v) is 14.4. The van der Waals surface area contributed by atoms with Crippen molar-refractivity contribution in [2.24, 2.45) is 19.8 Å². The summed E-state index contributed by atoms with van der Waals surface area (Å²) in [5.74, 6) is 0.705. The highest BCUT2D eigenvalue weighted by atomic mass is 16.2. The van der Waals surface area contributed by atoms with E-state index in [1.807, 2.05) is 23.6 Å². The first-order valence-corrected chi connectivity index (χ1v) is 8.23. The lowest BCUT2D eigenvalue weighted by molar-refractivity contribution is 0.495. The van der Waals surface area contributed by atoms with Crippen molar-refractivity contribution >= 4 is 17.1 Å². The van der Waals surface area contributed by atoms with E-state index in [1.54, 1.807) is 7.05 Å². The molecule has 8 heteroatoms. The molecule has 2 aromatic heterocycles. The molecule has 130 valence electrons. The lowest BCUT2D eigenvalue weighted by Crippen LogP contribution is -2.44. The fourth-order valence-electron chi connectivity index (χ4n) is 3.25. The highest BCUT2D eigenvalue weighted by Gasteiger charge is 2.25. The number of piperidine rings is 1. The van der Waals surface area contributed by atoms with Gasteiger partial charge in [0.2, 0.25) is 5.95 Å². The van der Waals surface area contributed by atoms with E-state index in [4.69, 9.17) is 5.73 Å². The zero-order valence-electron chi connectivity index (χ0n) is 14.4. The molecule has 1 saturated heterocycles. The number of rotatable bonds is 3. The van der Waals surface area contributed by atoms with E-state index >= 15 is 0 Å². The molecule has 2 aromatic rings. The second kappa shape index (κ2) is 6.27. The molecule has 1 aliphatic rings. The van der Waals surface area contributed by atoms with Gasteiger partial charge in [-0.15, -0.1) is 0 Å². The van der Waals surface area contributed by atoms with Gasteiger partial charge in [-0.1, -0.05) is 12.2 Å². The monoisotopic (exact) mass is 332 g/mol. The van der Waals surface area contributed by atoms with Crippen LogP contribution in [-0.4, -0.2) is 37.8 Å². The number of nitrogens with zero attached hydrogens (tertiary/aromatic N) is 5. The predicted octanol–water partition coefficient (Wildman–Crippen LogP) is -0.0627. The van der Waals surface area contributed by atoms with Crippen LogP contribution >= 0.6 is 0 Å². The molecule has 2 N–H and O–H groups in total. The molecular weight excluding hydrogens is 308 g/mol. The van der Waals surface area contributed by atoms with Crippen LogP contribution in [0.1, 0.15) is 19.8 Å². The molecule has 0 spiro atoms. The Morgan fingerprint density at radius 1 is 1.29 bits per heavy atom. The molecule has 0 saturated carbocycles. The van der Waals surface area contributed by atoms with Crippen LogP contribution in [0.25, 0.3) is 11.2 Å². The first-order chi connectivity index (χ1) is 11.5. The predicted molar refractivity (Wildman–Crippen MR) is 94.5 cm³/mol. The zero-order chi connectivity index (χ0) is 17.4. The summed E-state index contributed by atoms with van der Waals surface area (Å²) in [6, 6.07) is 0.0976. The third-order valence-electron chi connectivity index (χ3n) is 4.59. The largest absolute Gasteiger partial charge is 0.341 e. The molecule has 0 bridgehead atoms. The van der Waals surface area contributed by atoms with Crippen molar-refractivity contribution < 1.29 is 0 Å². The van der Waals surface area contributed by atoms with Gasteiger partial charge in [0.25, 0.3) is 5.56 Å². The molecule has 24 heavy (non-hydrogen) atoms. The number of hydrogen-bond acceptors (Lipinski definition) is 5. The van der Waals surface area contributed by atoms with Crippen molar-refractivity contribution in [1.29, 1.82) is 0 Å². The van der Waals surface area contributed by atoms with Crippen molar-refractivity contribution in [1.82, 2.24) is 18.7 Å². The molecule has 1 aliphatic heterocycles. The summed E-state index contributed by atoms with van der Waals surface area (Å²) < 4.78 is 4.44. The average Bonchev–Trinajstić information content (AvgIpc) is 2.95. The second-order valence-corrected chi connectivity index (χ2v) is 6.32. The Balaban J connectivity index is 2.28. The number of aromatic nitrogens is 4. The van der Waals surface area contributed by atoms with Gasteiger partial charge < -0.3 is 15.2 Å². The summed E-state index contributed by atoms with van der Waals surface area (Å²) in [4.78, 5) is 31.6. The summed E-state index contributed by atoms with van der Waals surface area (Å²) in [6.07, 6.45) is 5.89. The van der Waals surface area contributed by atoms with Crippen LogP contribution in [0.5, 0.6) is 0 Å². The molecule has 1 atom stereocenters. The summed E-state index contributed by atoms with van der Waals surface area (Å²) in [5, 5.41) is 0. The van der Waals surface area contributed by atoms with Crippen LogP contribution in [-0.2, 0) is 20.6 Å². The fourth-order valence-corrected chi connectivity index (χ4v) is 3.25. The standard InChI is InChI=1S/C16H24N6O2/c1-4-5-9-22-12-13(19(2)16(24)20(3)14(12)23)18-15(22)21-8-6-7-11(17)10-21/h4-5,11H,6-10,17H2,1-3H3. The maximum Gasteiger partial charge on any atom is 0.332 e. The van der Waals surface area contributed by atoms with E-state index in [0.29, 0.717) is 30.2 Å². The smallest absolute Gasteiger partial charge is 0.332 e. The fraction of sp³-hybridized carbons (Fsp3) is 0.562. The normalized spacial score (nSPS) is 18.8. The Bertz CT molecular complexity index is 904. The van der Waals surface area contributed by atoms with E-state index in [-0.39, 0.29) is 17.3 Å². The lowest BCUT2D eigenvalue weighted by atomic mass is 10.1. The van der Waals surface area contributed by atoms with Crippen LogP contribution < -0.4 is 21.9 Å². The first-order valence-electron chi connectivity index (χ1n) is 8.23. The van der Waals surface area contributed by atoms with Gasteiger partial charge in [0, 0.05) is 39.8 Å². The minimum absolute atomic E-state index is 0.0976. The van der Waals surface area contributed by atoms with Crippen LogP contribution in [0.4, 0.5) is 5.95 Å². The van der Waals surface area contributed by atoms with Crippen LogP contribution in [0.15, 0.2) is 21.7 Å². The summed E-state index contributed by atoms with van der Waals surface area (Å²) >= 11 is 0. The maximum absolute atomic E-state index is 12.7. The minimum Gasteiger partial charge on any atom is -0.341 e.